The number of aryl methyl sites for hydroxylation is 1. The Morgan fingerprint density at radius 3 is 2.50 bits per heavy atom. The maximum Gasteiger partial charge on any atom is 0.258 e. The van der Waals surface area contributed by atoms with Crippen LogP contribution in [0.4, 0.5) is 0 Å². The van der Waals surface area contributed by atoms with Gasteiger partial charge in [-0.25, -0.2) is 0 Å². The second-order valence-corrected chi connectivity index (χ2v) is 5.20. The van der Waals surface area contributed by atoms with Crippen LogP contribution in [-0.4, -0.2) is 29.8 Å². The van der Waals surface area contributed by atoms with Crippen molar-refractivity contribution in [3.05, 3.63) is 29.8 Å². The monoisotopic (exact) mass is 279 g/mol. The molecule has 0 saturated heterocycles. The molecule has 0 bridgehead atoms. The van der Waals surface area contributed by atoms with Gasteiger partial charge in [0.05, 0.1) is 6.10 Å². The lowest BCUT2D eigenvalue weighted by Crippen LogP contribution is -2.35. The first-order chi connectivity index (χ1) is 9.51. The van der Waals surface area contributed by atoms with Gasteiger partial charge in [0, 0.05) is 6.04 Å². The molecule has 4 nitrogen and oxygen atoms in total. The summed E-state index contributed by atoms with van der Waals surface area (Å²) >= 11 is 0. The molecule has 1 aromatic carbocycles. The number of rotatable bonds is 8. The first-order valence-electron chi connectivity index (χ1n) is 7.20. The molecule has 2 atom stereocenters. The lowest BCUT2D eigenvalue weighted by Gasteiger charge is -2.12. The minimum atomic E-state index is -0.282. The SMILES string of the molecule is CCC(C)NC(=O)COc1ccc(CCC(C)O)cc1. The summed E-state index contributed by atoms with van der Waals surface area (Å²) in [4.78, 5) is 11.6. The number of nitrogens with one attached hydrogen (secondary N) is 1. The van der Waals surface area contributed by atoms with Gasteiger partial charge in [-0.15, -0.1) is 0 Å². The maximum atomic E-state index is 11.6. The molecule has 112 valence electrons. The van der Waals surface area contributed by atoms with E-state index in [1.165, 1.54) is 0 Å². The van der Waals surface area contributed by atoms with Gasteiger partial charge in [-0.1, -0.05) is 19.1 Å². The molecule has 0 spiro atoms. The van der Waals surface area contributed by atoms with Crippen LogP contribution in [0.2, 0.25) is 0 Å². The van der Waals surface area contributed by atoms with Crippen molar-refractivity contribution in [2.24, 2.45) is 0 Å². The molecular formula is C16H25NO3. The van der Waals surface area contributed by atoms with Gasteiger partial charge < -0.3 is 15.2 Å². The summed E-state index contributed by atoms with van der Waals surface area (Å²) in [5.74, 6) is 0.586. The van der Waals surface area contributed by atoms with Crippen molar-refractivity contribution in [2.45, 2.75) is 52.2 Å². The maximum absolute atomic E-state index is 11.6. The Balaban J connectivity index is 2.36. The highest BCUT2D eigenvalue weighted by atomic mass is 16.5. The van der Waals surface area contributed by atoms with Crippen LogP contribution in [0.3, 0.4) is 0 Å². The number of ether oxygens (including phenoxy) is 1. The van der Waals surface area contributed by atoms with E-state index in [0.29, 0.717) is 5.75 Å². The molecule has 0 aliphatic rings. The van der Waals surface area contributed by atoms with E-state index in [1.807, 2.05) is 38.1 Å². The van der Waals surface area contributed by atoms with Crippen LogP contribution in [0.5, 0.6) is 5.75 Å². The summed E-state index contributed by atoms with van der Waals surface area (Å²) in [6.45, 7) is 5.82. The van der Waals surface area contributed by atoms with Crippen molar-refractivity contribution in [3.8, 4) is 5.75 Å². The Kier molecular flexibility index (Phi) is 7.09. The van der Waals surface area contributed by atoms with Gasteiger partial charge in [-0.3, -0.25) is 4.79 Å². The van der Waals surface area contributed by atoms with E-state index < -0.39 is 0 Å². The minimum absolute atomic E-state index is 0.0390. The van der Waals surface area contributed by atoms with Crippen LogP contribution in [0, 0.1) is 0 Å². The summed E-state index contributed by atoms with van der Waals surface area (Å²) in [5.41, 5.74) is 1.15. The largest absolute Gasteiger partial charge is 0.484 e. The zero-order valence-corrected chi connectivity index (χ0v) is 12.6. The van der Waals surface area contributed by atoms with Crippen LogP contribution >= 0.6 is 0 Å². The van der Waals surface area contributed by atoms with Crippen molar-refractivity contribution in [1.29, 1.82) is 0 Å². The molecule has 0 aromatic heterocycles. The van der Waals surface area contributed by atoms with Gasteiger partial charge in [-0.05, 0) is 50.8 Å². The average molecular weight is 279 g/mol. The molecule has 0 aliphatic heterocycles. The Hall–Kier alpha value is -1.55. The number of carbonyl (C=O) groups excluding carboxylic acids is 1. The number of benzene rings is 1. The van der Waals surface area contributed by atoms with E-state index in [1.54, 1.807) is 6.92 Å². The number of carbonyl (C=O) groups is 1. The second-order valence-electron chi connectivity index (χ2n) is 5.20. The van der Waals surface area contributed by atoms with Gasteiger partial charge in [0.2, 0.25) is 0 Å². The lowest BCUT2D eigenvalue weighted by molar-refractivity contribution is -0.123. The Morgan fingerprint density at radius 2 is 1.95 bits per heavy atom. The topological polar surface area (TPSA) is 58.6 Å². The predicted octanol–water partition coefficient (Wildman–Crippen LogP) is 2.29. The minimum Gasteiger partial charge on any atom is -0.484 e. The van der Waals surface area contributed by atoms with Gasteiger partial charge >= 0.3 is 0 Å². The van der Waals surface area contributed by atoms with Crippen molar-refractivity contribution in [2.75, 3.05) is 6.61 Å². The van der Waals surface area contributed by atoms with Crippen LogP contribution in [-0.2, 0) is 11.2 Å². The van der Waals surface area contributed by atoms with Crippen molar-refractivity contribution >= 4 is 5.91 Å². The Bertz CT molecular complexity index is 401. The first kappa shape index (κ1) is 16.5. The van der Waals surface area contributed by atoms with Crippen molar-refractivity contribution in [3.63, 3.8) is 0 Å². The molecule has 1 amide bonds. The molecule has 2 unspecified atom stereocenters. The van der Waals surface area contributed by atoms with Crippen LogP contribution in [0.15, 0.2) is 24.3 Å². The zero-order valence-electron chi connectivity index (χ0n) is 12.6. The van der Waals surface area contributed by atoms with E-state index in [2.05, 4.69) is 5.32 Å². The standard InChI is InChI=1S/C16H25NO3/c1-4-12(2)17-16(19)11-20-15-9-7-14(8-10-15)6-5-13(3)18/h7-10,12-13,18H,4-6,11H2,1-3H3,(H,17,19). The van der Waals surface area contributed by atoms with Crippen LogP contribution in [0.25, 0.3) is 0 Å². The van der Waals surface area contributed by atoms with Gasteiger partial charge in [-0.2, -0.15) is 0 Å². The van der Waals surface area contributed by atoms with Crippen LogP contribution < -0.4 is 10.1 Å². The number of aliphatic hydroxyl groups excluding tert-OH is 1. The number of hydrogen-bond acceptors (Lipinski definition) is 3. The van der Waals surface area contributed by atoms with Crippen molar-refractivity contribution < 1.29 is 14.6 Å². The molecule has 20 heavy (non-hydrogen) atoms. The summed E-state index contributed by atoms with van der Waals surface area (Å²) in [6.07, 6.45) is 2.21. The van der Waals surface area contributed by atoms with Gasteiger partial charge in [0.1, 0.15) is 5.75 Å². The molecular weight excluding hydrogens is 254 g/mol. The van der Waals surface area contributed by atoms with E-state index in [9.17, 15) is 9.90 Å². The quantitative estimate of drug-likeness (QED) is 0.767. The fourth-order valence-electron chi connectivity index (χ4n) is 1.70. The number of aliphatic hydroxyl groups is 1. The van der Waals surface area contributed by atoms with E-state index in [0.717, 1.165) is 24.8 Å². The molecule has 0 saturated carbocycles. The molecule has 4 heteroatoms. The number of hydrogen-bond donors (Lipinski definition) is 2. The predicted molar refractivity (Wildman–Crippen MR) is 79.8 cm³/mol. The zero-order chi connectivity index (χ0) is 15.0. The normalized spacial score (nSPS) is 13.6. The number of amides is 1. The van der Waals surface area contributed by atoms with E-state index >= 15 is 0 Å². The summed E-state index contributed by atoms with van der Waals surface area (Å²) in [7, 11) is 0. The highest BCUT2D eigenvalue weighted by molar-refractivity contribution is 5.77. The third-order valence-electron chi connectivity index (χ3n) is 3.16. The van der Waals surface area contributed by atoms with Crippen molar-refractivity contribution in [1.82, 2.24) is 5.32 Å². The molecule has 1 rings (SSSR count). The van der Waals surface area contributed by atoms with Gasteiger partial charge in [0.15, 0.2) is 6.61 Å². The fourth-order valence-corrected chi connectivity index (χ4v) is 1.70. The summed E-state index contributed by atoms with van der Waals surface area (Å²) in [6, 6.07) is 7.81. The third-order valence-corrected chi connectivity index (χ3v) is 3.16. The molecule has 1 aromatic rings. The molecule has 0 radical (unpaired) electrons. The molecule has 0 heterocycles. The Morgan fingerprint density at radius 1 is 1.30 bits per heavy atom. The fraction of sp³-hybridized carbons (Fsp3) is 0.562. The lowest BCUT2D eigenvalue weighted by atomic mass is 10.1. The smallest absolute Gasteiger partial charge is 0.258 e. The molecule has 2 N–H and O–H groups in total. The molecule has 0 fully saturated rings. The van der Waals surface area contributed by atoms with Crippen LogP contribution in [0.1, 0.15) is 39.2 Å². The second kappa shape index (κ2) is 8.59. The molecule has 0 aliphatic carbocycles. The first-order valence-corrected chi connectivity index (χ1v) is 7.20. The van der Waals surface area contributed by atoms with Gasteiger partial charge in [0.25, 0.3) is 5.91 Å². The Labute approximate surface area is 121 Å². The highest BCUT2D eigenvalue weighted by Gasteiger charge is 2.06. The summed E-state index contributed by atoms with van der Waals surface area (Å²) < 4.78 is 5.43. The highest BCUT2D eigenvalue weighted by Crippen LogP contribution is 2.13. The summed E-state index contributed by atoms with van der Waals surface area (Å²) in [5, 5.41) is 12.1. The van der Waals surface area contributed by atoms with E-state index in [4.69, 9.17) is 4.74 Å². The third kappa shape index (κ3) is 6.57. The van der Waals surface area contributed by atoms with E-state index in [-0.39, 0.29) is 24.7 Å². The average Bonchev–Trinajstić information content (AvgIpc) is 2.43.